The van der Waals surface area contributed by atoms with Gasteiger partial charge in [-0.05, 0) is 35.2 Å². The molecule has 0 aliphatic heterocycles. The molecule has 0 aromatic carbocycles. The van der Waals surface area contributed by atoms with E-state index in [9.17, 15) is 4.79 Å². The molecule has 0 atom stereocenters. The topological polar surface area (TPSA) is 80.5 Å². The number of carbonyl (C=O) groups excluding carboxylic acids is 1. The number of hydrogen-bond donors (Lipinski definition) is 1. The molecule has 1 aliphatic rings. The van der Waals surface area contributed by atoms with Gasteiger partial charge in [-0.3, -0.25) is 0 Å². The summed E-state index contributed by atoms with van der Waals surface area (Å²) in [5.74, 6) is 1.64. The Balaban J connectivity index is 1.53. The summed E-state index contributed by atoms with van der Waals surface area (Å²) in [6, 6.07) is 1.84. The lowest BCUT2D eigenvalue weighted by molar-refractivity contribution is 0.145. The Bertz CT molecular complexity index is 624. The molecule has 2 amide bonds. The maximum absolute atomic E-state index is 12.4. The van der Waals surface area contributed by atoms with Crippen LogP contribution in [-0.2, 0) is 17.8 Å². The van der Waals surface area contributed by atoms with Gasteiger partial charge in [0.25, 0.3) is 0 Å². The van der Waals surface area contributed by atoms with E-state index in [0.29, 0.717) is 31.5 Å². The lowest BCUT2D eigenvalue weighted by atomic mass is 10.3. The number of aromatic nitrogens is 2. The molecule has 0 bridgehead atoms. The molecule has 2 aromatic heterocycles. The van der Waals surface area contributed by atoms with Crippen molar-refractivity contribution >= 4 is 17.4 Å². The van der Waals surface area contributed by atoms with Crippen LogP contribution in [0.1, 0.15) is 36.0 Å². The predicted molar refractivity (Wildman–Crippen MR) is 85.1 cm³/mol. The van der Waals surface area contributed by atoms with Gasteiger partial charge >= 0.3 is 6.03 Å². The number of carbonyl (C=O) groups is 1. The molecule has 0 spiro atoms. The van der Waals surface area contributed by atoms with Gasteiger partial charge in [-0.25, -0.2) is 4.79 Å². The highest BCUT2D eigenvalue weighted by Gasteiger charge is 2.28. The van der Waals surface area contributed by atoms with Gasteiger partial charge in [0.1, 0.15) is 0 Å². The molecule has 1 fully saturated rings. The van der Waals surface area contributed by atoms with Crippen LogP contribution in [0.25, 0.3) is 0 Å². The van der Waals surface area contributed by atoms with Crippen molar-refractivity contribution in [3.8, 4) is 0 Å². The molecule has 0 radical (unpaired) electrons. The fourth-order valence-corrected chi connectivity index (χ4v) is 2.83. The first kappa shape index (κ1) is 15.9. The minimum atomic E-state index is -0.167. The zero-order valence-corrected chi connectivity index (χ0v) is 13.8. The molecule has 1 saturated carbocycles. The Kier molecular flexibility index (Phi) is 5.24. The summed E-state index contributed by atoms with van der Waals surface area (Å²) in [5, 5.41) is 10.8. The summed E-state index contributed by atoms with van der Waals surface area (Å²) < 4.78 is 10.2. The van der Waals surface area contributed by atoms with Crippen molar-refractivity contribution < 1.29 is 14.1 Å². The van der Waals surface area contributed by atoms with Crippen LogP contribution >= 0.6 is 11.3 Å². The van der Waals surface area contributed by atoms with Crippen LogP contribution in [0.15, 0.2) is 21.3 Å². The molecule has 1 N–H and O–H groups in total. The molecule has 0 unspecified atom stereocenters. The van der Waals surface area contributed by atoms with Gasteiger partial charge in [0.2, 0.25) is 5.89 Å². The average molecular weight is 336 g/mol. The van der Waals surface area contributed by atoms with Crippen molar-refractivity contribution in [3.05, 3.63) is 34.1 Å². The van der Waals surface area contributed by atoms with E-state index in [1.165, 1.54) is 0 Å². The van der Waals surface area contributed by atoms with Gasteiger partial charge < -0.3 is 19.5 Å². The molecule has 2 heterocycles. The summed E-state index contributed by atoms with van der Waals surface area (Å²) in [7, 11) is 1.62. The van der Waals surface area contributed by atoms with Crippen molar-refractivity contribution in [3.63, 3.8) is 0 Å². The number of urea groups is 1. The van der Waals surface area contributed by atoms with E-state index in [2.05, 4.69) is 15.5 Å². The molecular weight excluding hydrogens is 316 g/mol. The highest BCUT2D eigenvalue weighted by molar-refractivity contribution is 7.07. The number of thiophene rings is 1. The second kappa shape index (κ2) is 7.56. The van der Waals surface area contributed by atoms with Crippen LogP contribution in [0.2, 0.25) is 0 Å². The third kappa shape index (κ3) is 4.52. The Morgan fingerprint density at radius 3 is 3.13 bits per heavy atom. The first-order valence-electron chi connectivity index (χ1n) is 7.61. The van der Waals surface area contributed by atoms with Crippen molar-refractivity contribution in [1.82, 2.24) is 20.4 Å². The molecule has 124 valence electrons. The molecule has 3 rings (SSSR count). The second-order valence-electron chi connectivity index (χ2n) is 5.53. The quantitative estimate of drug-likeness (QED) is 0.800. The van der Waals surface area contributed by atoms with E-state index in [1.54, 1.807) is 23.3 Å². The number of amides is 2. The molecular formula is C15H20N4O3S. The number of ether oxygens (including phenoxy) is 1. The highest BCUT2D eigenvalue weighted by atomic mass is 32.1. The third-order valence-corrected chi connectivity index (χ3v) is 4.36. The Morgan fingerprint density at radius 2 is 2.43 bits per heavy atom. The molecule has 7 nitrogen and oxygen atoms in total. The lowest BCUT2D eigenvalue weighted by Gasteiger charge is -2.22. The predicted octanol–water partition coefficient (Wildman–Crippen LogP) is 2.37. The summed E-state index contributed by atoms with van der Waals surface area (Å²) in [4.78, 5) is 18.4. The van der Waals surface area contributed by atoms with E-state index in [-0.39, 0.29) is 12.6 Å². The standard InChI is InChI=1S/C15H20N4O3S/c1-21-6-5-19(9-11-4-7-23-10-11)15(20)16-8-13-17-14(18-22-13)12-2-3-12/h4,7,10,12H,2-3,5-6,8-9H2,1H3,(H,16,20). The summed E-state index contributed by atoms with van der Waals surface area (Å²) >= 11 is 1.62. The summed E-state index contributed by atoms with van der Waals surface area (Å²) in [6.45, 7) is 1.81. The molecule has 0 saturated heterocycles. The number of nitrogens with one attached hydrogen (secondary N) is 1. The van der Waals surface area contributed by atoms with Crippen molar-refractivity contribution in [2.75, 3.05) is 20.3 Å². The minimum Gasteiger partial charge on any atom is -0.383 e. The smallest absolute Gasteiger partial charge is 0.318 e. The molecule has 23 heavy (non-hydrogen) atoms. The second-order valence-corrected chi connectivity index (χ2v) is 6.31. The van der Waals surface area contributed by atoms with E-state index in [1.807, 2.05) is 16.8 Å². The first-order valence-corrected chi connectivity index (χ1v) is 8.56. The average Bonchev–Trinajstić information content (AvgIpc) is 3.09. The van der Waals surface area contributed by atoms with Gasteiger partial charge in [-0.15, -0.1) is 0 Å². The van der Waals surface area contributed by atoms with E-state index in [4.69, 9.17) is 9.26 Å². The maximum atomic E-state index is 12.4. The fourth-order valence-electron chi connectivity index (χ4n) is 2.17. The number of methoxy groups -OCH3 is 1. The highest BCUT2D eigenvalue weighted by Crippen LogP contribution is 2.38. The van der Waals surface area contributed by atoms with E-state index >= 15 is 0 Å². The first-order chi connectivity index (χ1) is 11.3. The van der Waals surface area contributed by atoms with Crippen LogP contribution in [0.3, 0.4) is 0 Å². The maximum Gasteiger partial charge on any atom is 0.318 e. The SMILES string of the molecule is COCCN(Cc1ccsc1)C(=O)NCc1nc(C2CC2)no1. The molecule has 1 aliphatic carbocycles. The summed E-state index contributed by atoms with van der Waals surface area (Å²) in [5.41, 5.74) is 1.11. The fraction of sp³-hybridized carbons (Fsp3) is 0.533. The van der Waals surface area contributed by atoms with Crippen LogP contribution in [-0.4, -0.2) is 41.3 Å². The van der Waals surface area contributed by atoms with Crippen molar-refractivity contribution in [2.24, 2.45) is 0 Å². The Labute approximate surface area is 138 Å². The van der Waals surface area contributed by atoms with Crippen LogP contribution in [0, 0.1) is 0 Å². The summed E-state index contributed by atoms with van der Waals surface area (Å²) in [6.07, 6.45) is 2.24. The number of nitrogens with zero attached hydrogens (tertiary/aromatic N) is 3. The molecule has 2 aromatic rings. The van der Waals surface area contributed by atoms with Gasteiger partial charge in [0.05, 0.1) is 13.2 Å². The van der Waals surface area contributed by atoms with Crippen molar-refractivity contribution in [2.45, 2.75) is 31.8 Å². The van der Waals surface area contributed by atoms with Gasteiger partial charge in [-0.2, -0.15) is 16.3 Å². The third-order valence-electron chi connectivity index (χ3n) is 3.62. The Morgan fingerprint density at radius 1 is 1.57 bits per heavy atom. The van der Waals surface area contributed by atoms with Crippen molar-refractivity contribution in [1.29, 1.82) is 0 Å². The van der Waals surface area contributed by atoms with Crippen LogP contribution in [0.5, 0.6) is 0 Å². The number of rotatable bonds is 8. The van der Waals surface area contributed by atoms with Gasteiger partial charge in [-0.1, -0.05) is 5.16 Å². The van der Waals surface area contributed by atoms with E-state index in [0.717, 1.165) is 24.2 Å². The van der Waals surface area contributed by atoms with Gasteiger partial charge in [0, 0.05) is 26.1 Å². The molecule has 8 heteroatoms. The largest absolute Gasteiger partial charge is 0.383 e. The zero-order valence-electron chi connectivity index (χ0n) is 13.0. The minimum absolute atomic E-state index is 0.167. The Hall–Kier alpha value is -1.93. The van der Waals surface area contributed by atoms with Crippen LogP contribution < -0.4 is 5.32 Å². The zero-order chi connectivity index (χ0) is 16.1. The normalized spacial score (nSPS) is 14.0. The van der Waals surface area contributed by atoms with E-state index < -0.39 is 0 Å². The lowest BCUT2D eigenvalue weighted by Crippen LogP contribution is -2.40. The van der Waals surface area contributed by atoms with Crippen LogP contribution in [0.4, 0.5) is 4.79 Å². The monoisotopic (exact) mass is 336 g/mol. The number of hydrogen-bond acceptors (Lipinski definition) is 6. The van der Waals surface area contributed by atoms with Gasteiger partial charge in [0.15, 0.2) is 5.82 Å².